The fraction of sp³-hybridized carbons (Fsp3) is 0.250. The minimum atomic E-state index is 0.139. The zero-order valence-electron chi connectivity index (χ0n) is 3.92. The highest BCUT2D eigenvalue weighted by molar-refractivity contribution is 5.02. The number of rotatable bonds is 0. The Morgan fingerprint density at radius 2 is 2.71 bits per heavy atom. The summed E-state index contributed by atoms with van der Waals surface area (Å²) in [5.74, 6) is 0.139. The fourth-order valence-corrected chi connectivity index (χ4v) is 0.318. The summed E-state index contributed by atoms with van der Waals surface area (Å²) in [7, 11) is 1.64. The number of hydrogen-bond donors (Lipinski definition) is 1. The van der Waals surface area contributed by atoms with E-state index in [0.29, 0.717) is 0 Å². The van der Waals surface area contributed by atoms with Gasteiger partial charge in [0.25, 0.3) is 0 Å². The molecule has 3 heteroatoms. The van der Waals surface area contributed by atoms with Crippen LogP contribution in [0.15, 0.2) is 6.07 Å². The lowest BCUT2D eigenvalue weighted by Crippen LogP contribution is -1.86. The second-order valence-electron chi connectivity index (χ2n) is 1.26. The van der Waals surface area contributed by atoms with Crippen molar-refractivity contribution in [2.24, 2.45) is 7.05 Å². The molecule has 1 aromatic rings. The number of aryl methyl sites for hydroxylation is 1. The Balaban J connectivity index is 3.12. The quantitative estimate of drug-likeness (QED) is 0.492. The fourth-order valence-electron chi connectivity index (χ4n) is 0.318. The van der Waals surface area contributed by atoms with Crippen LogP contribution in [-0.2, 0) is 7.05 Å². The average Bonchev–Trinajstić information content (AvgIpc) is 1.91. The maximum Gasteiger partial charge on any atom is 0.209 e. The summed E-state index contributed by atoms with van der Waals surface area (Å²) in [5.41, 5.74) is 0. The van der Waals surface area contributed by atoms with Crippen LogP contribution in [-0.4, -0.2) is 14.9 Å². The number of aromatic hydroxyl groups is 1. The normalized spacial score (nSPS) is 9.29. The van der Waals surface area contributed by atoms with E-state index in [1.54, 1.807) is 7.05 Å². The second-order valence-corrected chi connectivity index (χ2v) is 1.26. The van der Waals surface area contributed by atoms with Crippen LogP contribution in [0.25, 0.3) is 0 Å². The van der Waals surface area contributed by atoms with E-state index in [1.807, 2.05) is 0 Å². The molecule has 0 fully saturated rings. The molecule has 1 heterocycles. The molecule has 0 atom stereocenters. The van der Waals surface area contributed by atoms with E-state index < -0.39 is 0 Å². The van der Waals surface area contributed by atoms with Crippen molar-refractivity contribution in [1.29, 1.82) is 0 Å². The maximum absolute atomic E-state index is 8.63. The topological polar surface area (TPSA) is 38.0 Å². The van der Waals surface area contributed by atoms with E-state index in [4.69, 9.17) is 5.11 Å². The molecule has 0 aliphatic heterocycles. The largest absolute Gasteiger partial charge is 0.493 e. The average molecular weight is 97.1 g/mol. The van der Waals surface area contributed by atoms with E-state index >= 15 is 0 Å². The van der Waals surface area contributed by atoms with Crippen molar-refractivity contribution in [3.63, 3.8) is 0 Å². The summed E-state index contributed by atoms with van der Waals surface area (Å²) in [4.78, 5) is 0. The second kappa shape index (κ2) is 1.26. The van der Waals surface area contributed by atoms with Crippen LogP contribution in [0.2, 0.25) is 0 Å². The highest BCUT2D eigenvalue weighted by Crippen LogP contribution is 1.99. The van der Waals surface area contributed by atoms with Crippen LogP contribution in [0.1, 0.15) is 0 Å². The van der Waals surface area contributed by atoms with Crippen molar-refractivity contribution in [1.82, 2.24) is 9.78 Å². The summed E-state index contributed by atoms with van der Waals surface area (Å²) in [6, 6.07) is 1.40. The van der Waals surface area contributed by atoms with Crippen molar-refractivity contribution >= 4 is 0 Å². The molecule has 0 bridgehead atoms. The van der Waals surface area contributed by atoms with Gasteiger partial charge in [-0.2, -0.15) is 5.10 Å². The summed E-state index contributed by atoms with van der Waals surface area (Å²) in [5, 5.41) is 12.2. The van der Waals surface area contributed by atoms with Crippen molar-refractivity contribution in [3.05, 3.63) is 12.3 Å². The van der Waals surface area contributed by atoms with Crippen molar-refractivity contribution < 1.29 is 5.11 Å². The van der Waals surface area contributed by atoms with Gasteiger partial charge in [0, 0.05) is 13.1 Å². The number of aromatic nitrogens is 2. The van der Waals surface area contributed by atoms with Gasteiger partial charge in [-0.3, -0.25) is 0 Å². The first-order valence-electron chi connectivity index (χ1n) is 1.90. The summed E-state index contributed by atoms with van der Waals surface area (Å²) < 4.78 is 1.33. The van der Waals surface area contributed by atoms with Gasteiger partial charge in [-0.05, 0) is 0 Å². The summed E-state index contributed by atoms with van der Waals surface area (Å²) >= 11 is 0. The molecule has 7 heavy (non-hydrogen) atoms. The van der Waals surface area contributed by atoms with Crippen LogP contribution in [0.3, 0.4) is 0 Å². The molecule has 0 saturated heterocycles. The third-order valence-corrected chi connectivity index (χ3v) is 0.733. The van der Waals surface area contributed by atoms with E-state index in [-0.39, 0.29) is 5.88 Å². The van der Waals surface area contributed by atoms with Gasteiger partial charge in [-0.15, -0.1) is 0 Å². The van der Waals surface area contributed by atoms with Crippen LogP contribution in [0, 0.1) is 6.20 Å². The zero-order chi connectivity index (χ0) is 5.28. The standard InChI is InChI=1S/C4H5N2O/c1-6-4(7)2-3-5-6/h2,7H,1H3. The highest BCUT2D eigenvalue weighted by atomic mass is 16.3. The molecule has 0 aromatic carbocycles. The molecule has 1 rings (SSSR count). The third-order valence-electron chi connectivity index (χ3n) is 0.733. The van der Waals surface area contributed by atoms with Crippen molar-refractivity contribution in [2.75, 3.05) is 0 Å². The number of hydrogen-bond acceptors (Lipinski definition) is 2. The molecule has 1 N–H and O–H groups in total. The maximum atomic E-state index is 8.63. The highest BCUT2D eigenvalue weighted by Gasteiger charge is 1.88. The van der Waals surface area contributed by atoms with Gasteiger partial charge >= 0.3 is 0 Å². The Labute approximate surface area is 41.2 Å². The minimum Gasteiger partial charge on any atom is -0.493 e. The Morgan fingerprint density at radius 3 is 2.86 bits per heavy atom. The van der Waals surface area contributed by atoms with Crippen LogP contribution < -0.4 is 0 Å². The van der Waals surface area contributed by atoms with Gasteiger partial charge in [0.2, 0.25) is 5.88 Å². The first-order chi connectivity index (χ1) is 3.30. The molecule has 37 valence electrons. The summed E-state index contributed by atoms with van der Waals surface area (Å²) in [6.07, 6.45) is 2.46. The van der Waals surface area contributed by atoms with Crippen molar-refractivity contribution in [2.45, 2.75) is 0 Å². The Hall–Kier alpha value is -0.990. The molecular weight excluding hydrogens is 92.1 g/mol. The summed E-state index contributed by atoms with van der Waals surface area (Å²) in [6.45, 7) is 0. The van der Waals surface area contributed by atoms with Crippen molar-refractivity contribution in [3.8, 4) is 5.88 Å². The van der Waals surface area contributed by atoms with Gasteiger partial charge in [0.15, 0.2) is 0 Å². The predicted octanol–water partition coefficient (Wildman–Crippen LogP) is -0.0741. The van der Waals surface area contributed by atoms with Gasteiger partial charge in [0.05, 0.1) is 0 Å². The monoisotopic (exact) mass is 97.0 g/mol. The molecule has 1 radical (unpaired) electrons. The molecule has 0 amide bonds. The molecule has 1 aromatic heterocycles. The first-order valence-corrected chi connectivity index (χ1v) is 1.90. The first kappa shape index (κ1) is 4.18. The molecule has 3 nitrogen and oxygen atoms in total. The number of nitrogens with zero attached hydrogens (tertiary/aromatic N) is 2. The third kappa shape index (κ3) is 0.559. The Kier molecular flexibility index (Phi) is 0.749. The lowest BCUT2D eigenvalue weighted by molar-refractivity contribution is 0.419. The Bertz CT molecular complexity index is 142. The lowest BCUT2D eigenvalue weighted by atomic mass is 10.7. The van der Waals surface area contributed by atoms with E-state index in [1.165, 1.54) is 10.7 Å². The smallest absolute Gasteiger partial charge is 0.209 e. The molecule has 0 aliphatic rings. The molecule has 0 spiro atoms. The molecule has 0 unspecified atom stereocenters. The molecule has 0 saturated carbocycles. The van der Waals surface area contributed by atoms with Crippen LogP contribution in [0.5, 0.6) is 5.88 Å². The lowest BCUT2D eigenvalue weighted by Gasteiger charge is -1.85. The molecule has 0 aliphatic carbocycles. The van der Waals surface area contributed by atoms with E-state index in [2.05, 4.69) is 11.3 Å². The van der Waals surface area contributed by atoms with Gasteiger partial charge in [-0.25, -0.2) is 4.68 Å². The van der Waals surface area contributed by atoms with E-state index in [0.717, 1.165) is 0 Å². The minimum absolute atomic E-state index is 0.139. The van der Waals surface area contributed by atoms with Crippen LogP contribution >= 0.6 is 0 Å². The SMILES string of the molecule is Cn1n[c]cc1O. The van der Waals surface area contributed by atoms with Gasteiger partial charge in [-0.1, -0.05) is 0 Å². The van der Waals surface area contributed by atoms with Gasteiger partial charge < -0.3 is 5.11 Å². The molecular formula is C4H5N2O. The van der Waals surface area contributed by atoms with Crippen LogP contribution in [0.4, 0.5) is 0 Å². The van der Waals surface area contributed by atoms with Gasteiger partial charge in [0.1, 0.15) is 6.20 Å². The zero-order valence-corrected chi connectivity index (χ0v) is 3.92. The van der Waals surface area contributed by atoms with E-state index in [9.17, 15) is 0 Å². The predicted molar refractivity (Wildman–Crippen MR) is 23.7 cm³/mol. The Morgan fingerprint density at radius 1 is 2.00 bits per heavy atom.